The van der Waals surface area contributed by atoms with Gasteiger partial charge in [-0.25, -0.2) is 0 Å². The Morgan fingerprint density at radius 1 is 0.532 bits per heavy atom. The molecule has 0 aromatic heterocycles. The van der Waals surface area contributed by atoms with Gasteiger partial charge in [-0.2, -0.15) is 0 Å². The molecule has 0 aliphatic carbocycles. The summed E-state index contributed by atoms with van der Waals surface area (Å²) in [6.07, 6.45) is -21.5. The number of ether oxygens (including phenoxy) is 7. The minimum absolute atomic E-state index is 0.0484. The Hall–Kier alpha value is -2.16. The molecule has 0 radical (unpaired) electrons. The number of hydrogen-bond acceptors (Lipinski definition) is 15. The fraction of sp³-hybridized carbons (Fsp3) is 0.625. The van der Waals surface area contributed by atoms with Crippen molar-refractivity contribution in [2.24, 2.45) is 0 Å². The van der Waals surface area contributed by atoms with Crippen molar-refractivity contribution in [3.05, 3.63) is 71.8 Å². The zero-order valence-corrected chi connectivity index (χ0v) is 25.7. The van der Waals surface area contributed by atoms with Crippen LogP contribution in [0.2, 0.25) is 0 Å². The van der Waals surface area contributed by atoms with Gasteiger partial charge in [-0.05, 0) is 18.1 Å². The molecule has 262 valence electrons. The van der Waals surface area contributed by atoms with E-state index in [1.165, 1.54) is 6.92 Å². The predicted octanol–water partition coefficient (Wildman–Crippen LogP) is -2.10. The second-order valence-electron chi connectivity index (χ2n) is 11.9. The summed E-state index contributed by atoms with van der Waals surface area (Å²) in [6, 6.07) is 18.1. The Labute approximate surface area is 271 Å². The second kappa shape index (κ2) is 16.5. The Morgan fingerprint density at radius 2 is 1.09 bits per heavy atom. The van der Waals surface area contributed by atoms with Crippen molar-refractivity contribution in [1.82, 2.24) is 0 Å². The van der Waals surface area contributed by atoms with Gasteiger partial charge in [0.1, 0.15) is 67.1 Å². The Morgan fingerprint density at radius 3 is 1.70 bits per heavy atom. The first-order chi connectivity index (χ1) is 22.6. The van der Waals surface area contributed by atoms with E-state index in [0.29, 0.717) is 0 Å². The van der Waals surface area contributed by atoms with Gasteiger partial charge in [0.25, 0.3) is 0 Å². The van der Waals surface area contributed by atoms with Crippen LogP contribution < -0.4 is 0 Å². The normalized spacial score (nSPS) is 41.1. The molecule has 5 rings (SSSR count). The van der Waals surface area contributed by atoms with Gasteiger partial charge in [0, 0.05) is 0 Å². The lowest BCUT2D eigenvalue weighted by atomic mass is 9.97. The minimum atomic E-state index is -1.82. The van der Waals surface area contributed by atoms with E-state index in [4.69, 9.17) is 33.2 Å². The monoisotopic (exact) mass is 668 g/mol. The standard InChI is InChI=1S/C32H44O15/c1-16-21(34)24(37)29(41-13-17-8-4-2-5-9-17)32(44-16)43-15-20-22(35)23(36)26(39)31(46-20)47-28-19(12-33)45-30(27(40)25(28)38)42-14-18-10-6-3-7-11-18/h2-11,16,19-40H,12-15H2,1H3/t16-,19+,20+,21+,22-,23-,24+,25+,26+,27+,28+,29-,30+,31-,32+/m0/s1. The molecule has 2 aromatic rings. The summed E-state index contributed by atoms with van der Waals surface area (Å²) >= 11 is 0. The number of benzene rings is 2. The van der Waals surface area contributed by atoms with E-state index in [9.17, 15) is 40.9 Å². The van der Waals surface area contributed by atoms with Crippen LogP contribution >= 0.6 is 0 Å². The molecular formula is C32H44O15. The molecule has 3 heterocycles. The molecule has 47 heavy (non-hydrogen) atoms. The maximum absolute atomic E-state index is 10.9. The number of rotatable bonds is 12. The molecule has 0 spiro atoms. The quantitative estimate of drug-likeness (QED) is 0.121. The third kappa shape index (κ3) is 8.53. The van der Waals surface area contributed by atoms with Crippen molar-refractivity contribution in [3.8, 4) is 0 Å². The lowest BCUT2D eigenvalue weighted by Crippen LogP contribution is -2.65. The van der Waals surface area contributed by atoms with E-state index < -0.39 is 105 Å². The average Bonchev–Trinajstić information content (AvgIpc) is 3.09. The van der Waals surface area contributed by atoms with Crippen LogP contribution in [0, 0.1) is 0 Å². The Bertz CT molecular complexity index is 1210. The molecule has 0 bridgehead atoms. The smallest absolute Gasteiger partial charge is 0.187 e. The molecule has 0 amide bonds. The first-order valence-corrected chi connectivity index (χ1v) is 15.5. The van der Waals surface area contributed by atoms with Gasteiger partial charge in [-0.1, -0.05) is 60.7 Å². The number of aliphatic hydroxyl groups is 8. The van der Waals surface area contributed by atoms with Crippen molar-refractivity contribution in [3.63, 3.8) is 0 Å². The van der Waals surface area contributed by atoms with E-state index in [1.807, 2.05) is 36.4 Å². The molecule has 3 aliphatic rings. The van der Waals surface area contributed by atoms with Gasteiger partial charge in [0.15, 0.2) is 18.9 Å². The van der Waals surface area contributed by atoms with Crippen molar-refractivity contribution >= 4 is 0 Å². The van der Waals surface area contributed by atoms with Crippen LogP contribution in [0.5, 0.6) is 0 Å². The van der Waals surface area contributed by atoms with Crippen molar-refractivity contribution < 1.29 is 74.0 Å². The predicted molar refractivity (Wildman–Crippen MR) is 158 cm³/mol. The molecule has 3 fully saturated rings. The highest BCUT2D eigenvalue weighted by molar-refractivity contribution is 5.14. The fourth-order valence-corrected chi connectivity index (χ4v) is 5.70. The summed E-state index contributed by atoms with van der Waals surface area (Å²) in [4.78, 5) is 0. The van der Waals surface area contributed by atoms with E-state index in [0.717, 1.165) is 11.1 Å². The van der Waals surface area contributed by atoms with Crippen LogP contribution in [0.25, 0.3) is 0 Å². The highest BCUT2D eigenvalue weighted by Crippen LogP contribution is 2.31. The fourth-order valence-electron chi connectivity index (χ4n) is 5.70. The molecule has 0 saturated carbocycles. The topological polar surface area (TPSA) is 226 Å². The number of aliphatic hydroxyl groups excluding tert-OH is 8. The summed E-state index contributed by atoms with van der Waals surface area (Å²) in [7, 11) is 0. The molecule has 3 saturated heterocycles. The summed E-state index contributed by atoms with van der Waals surface area (Å²) in [5, 5.41) is 84.8. The third-order valence-electron chi connectivity index (χ3n) is 8.53. The molecule has 15 atom stereocenters. The zero-order chi connectivity index (χ0) is 33.7. The van der Waals surface area contributed by atoms with Crippen LogP contribution in [-0.4, -0.2) is 146 Å². The first kappa shape index (κ1) is 36.1. The van der Waals surface area contributed by atoms with Gasteiger partial charge < -0.3 is 74.0 Å². The Kier molecular flexibility index (Phi) is 12.7. The summed E-state index contributed by atoms with van der Waals surface area (Å²) in [6.45, 7) is 0.524. The molecule has 8 N–H and O–H groups in total. The molecule has 2 aromatic carbocycles. The zero-order valence-electron chi connectivity index (χ0n) is 25.7. The average molecular weight is 669 g/mol. The third-order valence-corrected chi connectivity index (χ3v) is 8.53. The van der Waals surface area contributed by atoms with Crippen LogP contribution in [0.3, 0.4) is 0 Å². The molecule has 15 heteroatoms. The minimum Gasteiger partial charge on any atom is -0.394 e. The van der Waals surface area contributed by atoms with Crippen molar-refractivity contribution in [1.29, 1.82) is 0 Å². The highest BCUT2D eigenvalue weighted by atomic mass is 16.8. The molecule has 0 unspecified atom stereocenters. The SMILES string of the molecule is C[C@@H]1O[C@@H](OC[C@H]2O[C@@H](O[C@H]3[C@H](O)[C@@H](O)[C@H](OCc4ccccc4)O[C@@H]3CO)[C@H](O)[C@@H](O)[C@H]2O)[C@@H](OCc2ccccc2)[C@H](O)[C@@H]1O. The molecule has 3 aliphatic heterocycles. The van der Waals surface area contributed by atoms with E-state index in [1.54, 1.807) is 24.3 Å². The van der Waals surface area contributed by atoms with Crippen molar-refractivity contribution in [2.75, 3.05) is 13.2 Å². The largest absolute Gasteiger partial charge is 0.394 e. The maximum Gasteiger partial charge on any atom is 0.187 e. The second-order valence-corrected chi connectivity index (χ2v) is 11.9. The van der Waals surface area contributed by atoms with E-state index in [-0.39, 0.29) is 13.2 Å². The van der Waals surface area contributed by atoms with E-state index >= 15 is 0 Å². The Balaban J connectivity index is 1.22. The van der Waals surface area contributed by atoms with Crippen LogP contribution in [-0.2, 0) is 46.4 Å². The first-order valence-electron chi connectivity index (χ1n) is 15.5. The maximum atomic E-state index is 10.9. The van der Waals surface area contributed by atoms with E-state index in [2.05, 4.69) is 0 Å². The highest BCUT2D eigenvalue weighted by Gasteiger charge is 2.51. The van der Waals surface area contributed by atoms with Crippen LogP contribution in [0.1, 0.15) is 18.1 Å². The van der Waals surface area contributed by atoms with Gasteiger partial charge in [-0.3, -0.25) is 0 Å². The van der Waals surface area contributed by atoms with Crippen LogP contribution in [0.4, 0.5) is 0 Å². The van der Waals surface area contributed by atoms with Crippen LogP contribution in [0.15, 0.2) is 60.7 Å². The summed E-state index contributed by atoms with van der Waals surface area (Å²) in [5.41, 5.74) is 1.58. The van der Waals surface area contributed by atoms with Gasteiger partial charge in [0.2, 0.25) is 0 Å². The lowest BCUT2D eigenvalue weighted by molar-refractivity contribution is -0.366. The lowest BCUT2D eigenvalue weighted by Gasteiger charge is -2.46. The van der Waals surface area contributed by atoms with Gasteiger partial charge in [-0.15, -0.1) is 0 Å². The van der Waals surface area contributed by atoms with Gasteiger partial charge >= 0.3 is 0 Å². The summed E-state index contributed by atoms with van der Waals surface area (Å²) in [5.74, 6) is 0. The molecular weight excluding hydrogens is 624 g/mol. The van der Waals surface area contributed by atoms with Gasteiger partial charge in [0.05, 0.1) is 32.5 Å². The van der Waals surface area contributed by atoms with Crippen molar-refractivity contribution in [2.45, 2.75) is 112 Å². The molecule has 15 nitrogen and oxygen atoms in total. The summed E-state index contributed by atoms with van der Waals surface area (Å²) < 4.78 is 40.3. The number of hydrogen-bond donors (Lipinski definition) is 8.